The van der Waals surface area contributed by atoms with Gasteiger partial charge in [0.2, 0.25) is 6.79 Å². The first kappa shape index (κ1) is 14.9. The molecule has 2 aromatic carbocycles. The Balaban J connectivity index is 1.69. The topological polar surface area (TPSA) is 48.3 Å². The highest BCUT2D eigenvalue weighted by Gasteiger charge is 2.26. The molecule has 3 heterocycles. The summed E-state index contributed by atoms with van der Waals surface area (Å²) in [6.45, 7) is 1.12. The van der Waals surface area contributed by atoms with Crippen LogP contribution in [0.15, 0.2) is 36.4 Å². The summed E-state index contributed by atoms with van der Waals surface area (Å²) < 4.78 is 12.7. The minimum atomic E-state index is 0.255. The van der Waals surface area contributed by atoms with E-state index in [0.717, 1.165) is 52.8 Å². The van der Waals surface area contributed by atoms with Crippen LogP contribution >= 0.6 is 23.2 Å². The van der Waals surface area contributed by atoms with E-state index in [1.807, 2.05) is 35.0 Å². The van der Waals surface area contributed by atoms with Crippen LogP contribution in [0.3, 0.4) is 0 Å². The number of hydrogen-bond acceptors (Lipinski definition) is 4. The molecule has 0 saturated heterocycles. The highest BCUT2D eigenvalue weighted by Crippen LogP contribution is 2.41. The molecule has 5 rings (SSSR count). The van der Waals surface area contributed by atoms with Gasteiger partial charge in [0, 0.05) is 17.7 Å². The van der Waals surface area contributed by atoms with E-state index in [9.17, 15) is 0 Å². The minimum Gasteiger partial charge on any atom is -0.454 e. The van der Waals surface area contributed by atoms with Crippen molar-refractivity contribution in [3.63, 3.8) is 0 Å². The van der Waals surface area contributed by atoms with Gasteiger partial charge in [0.05, 0.1) is 21.4 Å². The number of hydrogen-bond donors (Lipinski definition) is 1. The first-order chi connectivity index (χ1) is 12.2. The van der Waals surface area contributed by atoms with Gasteiger partial charge in [0.15, 0.2) is 11.5 Å². The molecule has 5 nitrogen and oxygen atoms in total. The largest absolute Gasteiger partial charge is 0.454 e. The lowest BCUT2D eigenvalue weighted by atomic mass is 10.1. The lowest BCUT2D eigenvalue weighted by molar-refractivity contribution is 0.174. The first-order valence-corrected chi connectivity index (χ1v) is 8.68. The molecule has 0 radical (unpaired) electrons. The van der Waals surface area contributed by atoms with Crippen LogP contribution in [0.1, 0.15) is 5.56 Å². The Morgan fingerprint density at radius 1 is 1.08 bits per heavy atom. The Bertz CT molecular complexity index is 1000. The van der Waals surface area contributed by atoms with Crippen LogP contribution in [-0.4, -0.2) is 23.1 Å². The standard InChI is InChI=1S/C18H13Cl2N3O2/c19-12-2-1-3-13(16(12)20)23-18-11(6-7-21-18)17(22-23)10-4-5-14-15(8-10)25-9-24-14/h1-5,8,21H,6-7,9H2. The van der Waals surface area contributed by atoms with Crippen LogP contribution in [0.5, 0.6) is 11.5 Å². The maximum atomic E-state index is 6.40. The average Bonchev–Trinajstić information content (AvgIpc) is 3.32. The maximum Gasteiger partial charge on any atom is 0.231 e. The molecular weight excluding hydrogens is 361 g/mol. The molecule has 7 heteroatoms. The molecule has 1 N–H and O–H groups in total. The van der Waals surface area contributed by atoms with E-state index in [2.05, 4.69) is 5.32 Å². The number of nitrogens with one attached hydrogen (secondary N) is 1. The summed E-state index contributed by atoms with van der Waals surface area (Å²) in [4.78, 5) is 0. The van der Waals surface area contributed by atoms with Crippen molar-refractivity contribution < 1.29 is 9.47 Å². The number of anilines is 1. The fourth-order valence-corrected chi connectivity index (χ4v) is 3.66. The minimum absolute atomic E-state index is 0.255. The molecule has 1 aromatic heterocycles. The van der Waals surface area contributed by atoms with Crippen molar-refractivity contribution in [2.45, 2.75) is 6.42 Å². The van der Waals surface area contributed by atoms with Gasteiger partial charge in [-0.1, -0.05) is 29.3 Å². The zero-order valence-corrected chi connectivity index (χ0v) is 14.6. The number of fused-ring (bicyclic) bond motifs is 2. The van der Waals surface area contributed by atoms with Crippen LogP contribution in [0.25, 0.3) is 16.9 Å². The van der Waals surface area contributed by atoms with E-state index in [1.54, 1.807) is 6.07 Å². The van der Waals surface area contributed by atoms with Gasteiger partial charge < -0.3 is 14.8 Å². The van der Waals surface area contributed by atoms with Crippen LogP contribution in [0.2, 0.25) is 10.0 Å². The predicted octanol–water partition coefficient (Wildman–Crippen LogP) is 4.54. The number of aromatic nitrogens is 2. The van der Waals surface area contributed by atoms with Crippen LogP contribution in [-0.2, 0) is 6.42 Å². The summed E-state index contributed by atoms with van der Waals surface area (Å²) in [5.74, 6) is 2.46. The van der Waals surface area contributed by atoms with Crippen molar-refractivity contribution in [1.29, 1.82) is 0 Å². The third kappa shape index (κ3) is 2.27. The Hall–Kier alpha value is -2.37. The molecule has 2 aliphatic heterocycles. The zero-order valence-electron chi connectivity index (χ0n) is 13.1. The number of rotatable bonds is 2. The molecule has 0 amide bonds. The van der Waals surface area contributed by atoms with E-state index in [0.29, 0.717) is 10.0 Å². The van der Waals surface area contributed by atoms with E-state index in [-0.39, 0.29) is 6.79 Å². The lowest BCUT2D eigenvalue weighted by Crippen LogP contribution is -2.05. The highest BCUT2D eigenvalue weighted by atomic mass is 35.5. The van der Waals surface area contributed by atoms with Gasteiger partial charge in [-0.15, -0.1) is 0 Å². The fraction of sp³-hybridized carbons (Fsp3) is 0.167. The molecule has 3 aromatic rings. The smallest absolute Gasteiger partial charge is 0.231 e. The Kier molecular flexibility index (Phi) is 3.33. The van der Waals surface area contributed by atoms with Crippen molar-refractivity contribution in [2.75, 3.05) is 18.7 Å². The van der Waals surface area contributed by atoms with Gasteiger partial charge in [0.25, 0.3) is 0 Å². The highest BCUT2D eigenvalue weighted by molar-refractivity contribution is 6.43. The molecule has 2 aliphatic rings. The second-order valence-corrected chi connectivity index (χ2v) is 6.69. The van der Waals surface area contributed by atoms with E-state index >= 15 is 0 Å². The van der Waals surface area contributed by atoms with Gasteiger partial charge >= 0.3 is 0 Å². The third-order valence-corrected chi connectivity index (χ3v) is 5.27. The maximum absolute atomic E-state index is 6.40. The Morgan fingerprint density at radius 2 is 1.96 bits per heavy atom. The van der Waals surface area contributed by atoms with Crippen molar-refractivity contribution in [3.8, 4) is 28.4 Å². The summed E-state index contributed by atoms with van der Waals surface area (Å²) in [6, 6.07) is 11.4. The first-order valence-electron chi connectivity index (χ1n) is 7.92. The zero-order chi connectivity index (χ0) is 17.0. The van der Waals surface area contributed by atoms with Crippen molar-refractivity contribution in [1.82, 2.24) is 9.78 Å². The van der Waals surface area contributed by atoms with Crippen LogP contribution in [0, 0.1) is 0 Å². The molecule has 0 saturated carbocycles. The third-order valence-electron chi connectivity index (χ3n) is 4.46. The monoisotopic (exact) mass is 373 g/mol. The molecule has 0 spiro atoms. The summed E-state index contributed by atoms with van der Waals surface area (Å²) >= 11 is 12.6. The average molecular weight is 374 g/mol. The molecule has 0 atom stereocenters. The molecule has 0 unspecified atom stereocenters. The second-order valence-electron chi connectivity index (χ2n) is 5.91. The van der Waals surface area contributed by atoms with Gasteiger partial charge in [-0.2, -0.15) is 5.10 Å². The number of nitrogens with zero attached hydrogens (tertiary/aromatic N) is 2. The normalized spacial score (nSPS) is 14.5. The van der Waals surface area contributed by atoms with Gasteiger partial charge in [-0.25, -0.2) is 4.68 Å². The molecule has 25 heavy (non-hydrogen) atoms. The van der Waals surface area contributed by atoms with Crippen molar-refractivity contribution in [2.24, 2.45) is 0 Å². The summed E-state index contributed by atoms with van der Waals surface area (Å²) in [5.41, 5.74) is 3.82. The molecule has 126 valence electrons. The van der Waals surface area contributed by atoms with Crippen molar-refractivity contribution in [3.05, 3.63) is 52.0 Å². The van der Waals surface area contributed by atoms with E-state index in [1.165, 1.54) is 0 Å². The van der Waals surface area contributed by atoms with Gasteiger partial charge in [-0.3, -0.25) is 0 Å². The van der Waals surface area contributed by atoms with Gasteiger partial charge in [0.1, 0.15) is 5.82 Å². The molecule has 0 aliphatic carbocycles. The predicted molar refractivity (Wildman–Crippen MR) is 97.3 cm³/mol. The van der Waals surface area contributed by atoms with E-state index < -0.39 is 0 Å². The van der Waals surface area contributed by atoms with Crippen molar-refractivity contribution >= 4 is 29.0 Å². The Labute approximate surface area is 154 Å². The molecular formula is C18H13Cl2N3O2. The quantitative estimate of drug-likeness (QED) is 0.715. The van der Waals surface area contributed by atoms with Gasteiger partial charge in [-0.05, 0) is 36.8 Å². The fourth-order valence-electron chi connectivity index (χ4n) is 3.28. The lowest BCUT2D eigenvalue weighted by Gasteiger charge is -2.09. The Morgan fingerprint density at radius 3 is 2.88 bits per heavy atom. The van der Waals surface area contributed by atoms with Crippen LogP contribution in [0.4, 0.5) is 5.82 Å². The summed E-state index contributed by atoms with van der Waals surface area (Å²) in [5, 5.41) is 9.21. The molecule has 0 bridgehead atoms. The second kappa shape index (κ2) is 5.58. The SMILES string of the molecule is Clc1cccc(-n2nc(-c3ccc4c(c3)OCO4)c3c2NCC3)c1Cl. The van der Waals surface area contributed by atoms with E-state index in [4.69, 9.17) is 37.8 Å². The van der Waals surface area contributed by atoms with Crippen LogP contribution < -0.4 is 14.8 Å². The summed E-state index contributed by atoms with van der Waals surface area (Å²) in [6.07, 6.45) is 0.900. The summed E-state index contributed by atoms with van der Waals surface area (Å²) in [7, 11) is 0. The molecule has 0 fully saturated rings. The number of halogens is 2. The number of benzene rings is 2. The number of ether oxygens (including phenoxy) is 2.